The molecule has 0 aromatic carbocycles. The summed E-state index contributed by atoms with van der Waals surface area (Å²) in [6, 6.07) is 0.738. The fourth-order valence-electron chi connectivity index (χ4n) is 2.10. The van der Waals surface area contributed by atoms with Crippen molar-refractivity contribution in [1.82, 2.24) is 5.32 Å². The van der Waals surface area contributed by atoms with Gasteiger partial charge in [0.2, 0.25) is 0 Å². The van der Waals surface area contributed by atoms with Crippen LogP contribution in [0.1, 0.15) is 73.6 Å². The standard InChI is InChI=1S/C15H33N/c1-7-11-16-14(12-13(2)3)9-8-10-15(4,5)6/h13-14,16H,7-12H2,1-6H3. The Labute approximate surface area is 103 Å². The lowest BCUT2D eigenvalue weighted by molar-refractivity contribution is 0.326. The van der Waals surface area contributed by atoms with Gasteiger partial charge in [-0.3, -0.25) is 0 Å². The quantitative estimate of drug-likeness (QED) is 0.638. The fourth-order valence-corrected chi connectivity index (χ4v) is 2.10. The van der Waals surface area contributed by atoms with E-state index in [-0.39, 0.29) is 0 Å². The van der Waals surface area contributed by atoms with Crippen LogP contribution in [0.5, 0.6) is 0 Å². The van der Waals surface area contributed by atoms with Gasteiger partial charge in [0.05, 0.1) is 0 Å². The predicted octanol–water partition coefficient (Wildman–Crippen LogP) is 4.62. The Kier molecular flexibility index (Phi) is 8.09. The van der Waals surface area contributed by atoms with E-state index in [4.69, 9.17) is 0 Å². The molecular formula is C15H33N. The van der Waals surface area contributed by atoms with Crippen molar-refractivity contribution in [2.45, 2.75) is 79.7 Å². The highest BCUT2D eigenvalue weighted by atomic mass is 14.9. The third-order valence-electron chi connectivity index (χ3n) is 2.92. The van der Waals surface area contributed by atoms with Gasteiger partial charge in [-0.1, -0.05) is 48.0 Å². The molecule has 1 heteroatoms. The van der Waals surface area contributed by atoms with E-state index >= 15 is 0 Å². The van der Waals surface area contributed by atoms with Gasteiger partial charge in [0.15, 0.2) is 0 Å². The summed E-state index contributed by atoms with van der Waals surface area (Å²) in [5, 5.41) is 3.69. The van der Waals surface area contributed by atoms with Gasteiger partial charge in [0.1, 0.15) is 0 Å². The highest BCUT2D eigenvalue weighted by Crippen LogP contribution is 2.23. The van der Waals surface area contributed by atoms with Gasteiger partial charge in [0, 0.05) is 6.04 Å². The molecule has 16 heavy (non-hydrogen) atoms. The van der Waals surface area contributed by atoms with Crippen LogP contribution in [0.4, 0.5) is 0 Å². The molecule has 0 saturated heterocycles. The molecule has 0 radical (unpaired) electrons. The average Bonchev–Trinajstić information content (AvgIpc) is 2.11. The minimum Gasteiger partial charge on any atom is -0.314 e. The lowest BCUT2D eigenvalue weighted by Gasteiger charge is -2.23. The normalized spacial score (nSPS) is 14.4. The molecule has 1 unspecified atom stereocenters. The maximum absolute atomic E-state index is 3.69. The van der Waals surface area contributed by atoms with E-state index in [0.29, 0.717) is 5.41 Å². The van der Waals surface area contributed by atoms with E-state index in [1.807, 2.05) is 0 Å². The summed E-state index contributed by atoms with van der Waals surface area (Å²) in [5.74, 6) is 0.809. The number of nitrogens with one attached hydrogen (secondary N) is 1. The van der Waals surface area contributed by atoms with Crippen LogP contribution in [-0.4, -0.2) is 12.6 Å². The van der Waals surface area contributed by atoms with Crippen LogP contribution in [0, 0.1) is 11.3 Å². The molecule has 0 aromatic heterocycles. The molecule has 0 spiro atoms. The van der Waals surface area contributed by atoms with Crippen LogP contribution in [-0.2, 0) is 0 Å². The lowest BCUT2D eigenvalue weighted by Crippen LogP contribution is -2.31. The van der Waals surface area contributed by atoms with Gasteiger partial charge < -0.3 is 5.32 Å². The number of hydrogen-bond acceptors (Lipinski definition) is 1. The number of hydrogen-bond donors (Lipinski definition) is 1. The summed E-state index contributed by atoms with van der Waals surface area (Å²) in [6.07, 6.45) is 6.61. The SMILES string of the molecule is CCCNC(CCCC(C)(C)C)CC(C)C. The minimum atomic E-state index is 0.493. The first-order chi connectivity index (χ1) is 7.35. The summed E-state index contributed by atoms with van der Waals surface area (Å²) in [5.41, 5.74) is 0.493. The molecular weight excluding hydrogens is 194 g/mol. The van der Waals surface area contributed by atoms with Gasteiger partial charge in [-0.2, -0.15) is 0 Å². The zero-order valence-corrected chi connectivity index (χ0v) is 12.4. The number of rotatable bonds is 8. The van der Waals surface area contributed by atoms with E-state index in [9.17, 15) is 0 Å². The summed E-state index contributed by atoms with van der Waals surface area (Å²) in [6.45, 7) is 15.1. The highest BCUT2D eigenvalue weighted by Gasteiger charge is 2.13. The first-order valence-electron chi connectivity index (χ1n) is 7.08. The Balaban J connectivity index is 3.82. The fraction of sp³-hybridized carbons (Fsp3) is 1.00. The molecule has 0 heterocycles. The predicted molar refractivity (Wildman–Crippen MR) is 74.8 cm³/mol. The molecule has 0 fully saturated rings. The van der Waals surface area contributed by atoms with E-state index in [0.717, 1.165) is 12.0 Å². The van der Waals surface area contributed by atoms with Crippen LogP contribution >= 0.6 is 0 Å². The van der Waals surface area contributed by atoms with Crippen LogP contribution in [0.3, 0.4) is 0 Å². The van der Waals surface area contributed by atoms with Crippen LogP contribution in [0.15, 0.2) is 0 Å². The van der Waals surface area contributed by atoms with Crippen molar-refractivity contribution >= 4 is 0 Å². The second-order valence-corrected chi connectivity index (χ2v) is 6.73. The highest BCUT2D eigenvalue weighted by molar-refractivity contribution is 4.70. The van der Waals surface area contributed by atoms with Crippen molar-refractivity contribution in [2.75, 3.05) is 6.54 Å². The van der Waals surface area contributed by atoms with Crippen molar-refractivity contribution < 1.29 is 0 Å². The molecule has 0 amide bonds. The van der Waals surface area contributed by atoms with Gasteiger partial charge in [-0.25, -0.2) is 0 Å². The molecule has 1 N–H and O–H groups in total. The van der Waals surface area contributed by atoms with Crippen molar-refractivity contribution in [3.63, 3.8) is 0 Å². The van der Waals surface area contributed by atoms with E-state index in [1.54, 1.807) is 0 Å². The monoisotopic (exact) mass is 227 g/mol. The van der Waals surface area contributed by atoms with Crippen molar-refractivity contribution in [3.05, 3.63) is 0 Å². The van der Waals surface area contributed by atoms with Crippen LogP contribution in [0.25, 0.3) is 0 Å². The van der Waals surface area contributed by atoms with Gasteiger partial charge in [0.25, 0.3) is 0 Å². The second kappa shape index (κ2) is 8.11. The first-order valence-corrected chi connectivity index (χ1v) is 7.08. The Hall–Kier alpha value is -0.0400. The van der Waals surface area contributed by atoms with Crippen molar-refractivity contribution in [2.24, 2.45) is 11.3 Å². The first kappa shape index (κ1) is 16.0. The van der Waals surface area contributed by atoms with E-state index in [2.05, 4.69) is 46.9 Å². The van der Waals surface area contributed by atoms with Crippen molar-refractivity contribution in [3.8, 4) is 0 Å². The summed E-state index contributed by atoms with van der Waals surface area (Å²) in [7, 11) is 0. The Morgan fingerprint density at radius 1 is 1.12 bits per heavy atom. The van der Waals surface area contributed by atoms with Gasteiger partial charge in [-0.05, 0) is 43.6 Å². The molecule has 0 aromatic rings. The Bertz CT molecular complexity index is 155. The zero-order chi connectivity index (χ0) is 12.6. The maximum atomic E-state index is 3.69. The Morgan fingerprint density at radius 3 is 2.19 bits per heavy atom. The average molecular weight is 227 g/mol. The largest absolute Gasteiger partial charge is 0.314 e. The summed E-state index contributed by atoms with van der Waals surface area (Å²) < 4.78 is 0. The molecule has 0 aliphatic rings. The van der Waals surface area contributed by atoms with Crippen LogP contribution in [0.2, 0.25) is 0 Å². The summed E-state index contributed by atoms with van der Waals surface area (Å²) in [4.78, 5) is 0. The van der Waals surface area contributed by atoms with E-state index < -0.39 is 0 Å². The summed E-state index contributed by atoms with van der Waals surface area (Å²) >= 11 is 0. The molecule has 0 aliphatic heterocycles. The molecule has 1 nitrogen and oxygen atoms in total. The van der Waals surface area contributed by atoms with Gasteiger partial charge in [-0.15, -0.1) is 0 Å². The zero-order valence-electron chi connectivity index (χ0n) is 12.4. The second-order valence-electron chi connectivity index (χ2n) is 6.73. The van der Waals surface area contributed by atoms with Crippen molar-refractivity contribution in [1.29, 1.82) is 0 Å². The third kappa shape index (κ3) is 10.5. The molecule has 0 saturated carbocycles. The lowest BCUT2D eigenvalue weighted by atomic mass is 9.88. The molecule has 1 atom stereocenters. The smallest absolute Gasteiger partial charge is 0.00694 e. The third-order valence-corrected chi connectivity index (χ3v) is 2.92. The van der Waals surface area contributed by atoms with Gasteiger partial charge >= 0.3 is 0 Å². The maximum Gasteiger partial charge on any atom is 0.00694 e. The Morgan fingerprint density at radius 2 is 1.75 bits per heavy atom. The molecule has 0 bridgehead atoms. The van der Waals surface area contributed by atoms with Crippen LogP contribution < -0.4 is 5.32 Å². The minimum absolute atomic E-state index is 0.493. The molecule has 0 aliphatic carbocycles. The molecule has 98 valence electrons. The van der Waals surface area contributed by atoms with E-state index in [1.165, 1.54) is 38.6 Å². The topological polar surface area (TPSA) is 12.0 Å². The molecule has 0 rings (SSSR count).